The van der Waals surface area contributed by atoms with Crippen LogP contribution in [0.15, 0.2) is 87.7 Å². The molecular formula is C29H28Cl2N4O3S2. The molecule has 0 aliphatic heterocycles. The summed E-state index contributed by atoms with van der Waals surface area (Å²) in [6.45, 7) is 5.28. The van der Waals surface area contributed by atoms with Gasteiger partial charge in [0.1, 0.15) is 6.54 Å². The Balaban J connectivity index is 1.56. The van der Waals surface area contributed by atoms with Crippen LogP contribution in [0, 0.1) is 20.8 Å². The summed E-state index contributed by atoms with van der Waals surface area (Å²) in [5.74, 6) is -0.590. The third-order valence-electron chi connectivity index (χ3n) is 6.29. The molecule has 0 atom stereocenters. The number of halogens is 2. The van der Waals surface area contributed by atoms with Crippen LogP contribution in [-0.4, -0.2) is 37.9 Å². The van der Waals surface area contributed by atoms with Crippen LogP contribution in [0.1, 0.15) is 22.5 Å². The van der Waals surface area contributed by atoms with Gasteiger partial charge in [-0.1, -0.05) is 47.0 Å². The van der Waals surface area contributed by atoms with E-state index >= 15 is 0 Å². The Morgan fingerprint density at radius 3 is 2.35 bits per heavy atom. The number of anilines is 1. The zero-order valence-electron chi connectivity index (χ0n) is 22.4. The van der Waals surface area contributed by atoms with Gasteiger partial charge in [0.25, 0.3) is 15.9 Å². The smallest absolute Gasteiger partial charge is 0.264 e. The van der Waals surface area contributed by atoms with Gasteiger partial charge >= 0.3 is 0 Å². The van der Waals surface area contributed by atoms with Crippen LogP contribution in [0.3, 0.4) is 0 Å². The highest BCUT2D eigenvalue weighted by Gasteiger charge is 2.27. The molecule has 208 valence electrons. The van der Waals surface area contributed by atoms with Crippen molar-refractivity contribution in [2.45, 2.75) is 30.6 Å². The van der Waals surface area contributed by atoms with Gasteiger partial charge in [0.15, 0.2) is 0 Å². The fourth-order valence-corrected chi connectivity index (χ4v) is 6.40. The number of aryl methyl sites for hydroxylation is 2. The lowest BCUT2D eigenvalue weighted by Crippen LogP contribution is -2.39. The van der Waals surface area contributed by atoms with Crippen molar-refractivity contribution in [3.05, 3.63) is 105 Å². The van der Waals surface area contributed by atoms with Gasteiger partial charge in [-0.05, 0) is 81.6 Å². The summed E-state index contributed by atoms with van der Waals surface area (Å²) in [4.78, 5) is 14.0. The number of hydrogen-bond donors (Lipinski definition) is 1. The maximum atomic E-state index is 13.6. The molecule has 3 aromatic carbocycles. The van der Waals surface area contributed by atoms with E-state index in [0.29, 0.717) is 15.7 Å². The normalized spacial score (nSPS) is 11.7. The van der Waals surface area contributed by atoms with E-state index in [0.717, 1.165) is 37.4 Å². The number of carbonyl (C=O) groups is 1. The first-order valence-electron chi connectivity index (χ1n) is 12.2. The molecule has 4 aromatic rings. The fourth-order valence-electron chi connectivity index (χ4n) is 4.19. The molecule has 40 heavy (non-hydrogen) atoms. The standard InChI is InChI=1S/C29H28Cl2N4O3S2/c1-19-8-10-23(11-9-19)34(40(37,38)25-14-12-24(39-4)13-15-25)18-28(36)33-32-17-22-16-20(2)35(21(22)3)27-7-5-6-26(30)29(27)31/h5-17H,18H2,1-4H3,(H,33,36)/b32-17-. The van der Waals surface area contributed by atoms with Crippen molar-refractivity contribution in [1.29, 1.82) is 0 Å². The Labute approximate surface area is 248 Å². The number of nitrogens with zero attached hydrogens (tertiary/aromatic N) is 3. The highest BCUT2D eigenvalue weighted by molar-refractivity contribution is 7.98. The molecule has 1 amide bonds. The van der Waals surface area contributed by atoms with E-state index in [2.05, 4.69) is 10.5 Å². The summed E-state index contributed by atoms with van der Waals surface area (Å²) in [7, 11) is -4.03. The van der Waals surface area contributed by atoms with Crippen LogP contribution in [0.5, 0.6) is 0 Å². The first kappa shape index (κ1) is 29.7. The second-order valence-electron chi connectivity index (χ2n) is 9.05. The first-order valence-corrected chi connectivity index (χ1v) is 15.6. The molecule has 0 fully saturated rings. The van der Waals surface area contributed by atoms with Gasteiger partial charge in [-0.25, -0.2) is 13.8 Å². The van der Waals surface area contributed by atoms with E-state index < -0.39 is 22.5 Å². The average molecular weight is 616 g/mol. The molecule has 0 saturated carbocycles. The first-order chi connectivity index (χ1) is 19.0. The molecule has 0 bridgehead atoms. The zero-order chi connectivity index (χ0) is 29.0. The molecule has 1 aromatic heterocycles. The Bertz CT molecular complexity index is 1670. The van der Waals surface area contributed by atoms with Crippen LogP contribution in [-0.2, 0) is 14.8 Å². The zero-order valence-corrected chi connectivity index (χ0v) is 25.5. The molecule has 0 aliphatic carbocycles. The number of rotatable bonds is 9. The predicted octanol–water partition coefficient (Wildman–Crippen LogP) is 6.78. The summed E-state index contributed by atoms with van der Waals surface area (Å²) >= 11 is 14.2. The third kappa shape index (κ3) is 6.39. The maximum Gasteiger partial charge on any atom is 0.264 e. The summed E-state index contributed by atoms with van der Waals surface area (Å²) in [5, 5.41) is 4.99. The Morgan fingerprint density at radius 2 is 1.70 bits per heavy atom. The van der Waals surface area contributed by atoms with Gasteiger partial charge in [-0.3, -0.25) is 9.10 Å². The highest BCUT2D eigenvalue weighted by Crippen LogP contribution is 2.31. The van der Waals surface area contributed by atoms with Crippen molar-refractivity contribution < 1.29 is 13.2 Å². The van der Waals surface area contributed by atoms with Crippen LogP contribution in [0.2, 0.25) is 10.0 Å². The van der Waals surface area contributed by atoms with E-state index in [1.54, 1.807) is 54.6 Å². The number of benzene rings is 3. The Hall–Kier alpha value is -3.24. The monoisotopic (exact) mass is 614 g/mol. The Morgan fingerprint density at radius 1 is 1.02 bits per heavy atom. The largest absolute Gasteiger partial charge is 0.316 e. The molecule has 1 N–H and O–H groups in total. The quantitative estimate of drug-likeness (QED) is 0.128. The van der Waals surface area contributed by atoms with Crippen LogP contribution in [0.25, 0.3) is 5.69 Å². The molecule has 1 heterocycles. The molecule has 0 unspecified atom stereocenters. The van der Waals surface area contributed by atoms with E-state index in [9.17, 15) is 13.2 Å². The van der Waals surface area contributed by atoms with Gasteiger partial charge in [0, 0.05) is 21.8 Å². The second-order valence-corrected chi connectivity index (χ2v) is 12.6. The molecule has 4 rings (SSSR count). The van der Waals surface area contributed by atoms with Crippen molar-refractivity contribution in [3.8, 4) is 5.69 Å². The van der Waals surface area contributed by atoms with Gasteiger partial charge < -0.3 is 4.57 Å². The molecule has 11 heteroatoms. The summed E-state index contributed by atoms with van der Waals surface area (Å²) in [5.41, 5.74) is 7.04. The topological polar surface area (TPSA) is 83.8 Å². The summed E-state index contributed by atoms with van der Waals surface area (Å²) < 4.78 is 30.2. The number of nitrogens with one attached hydrogen (secondary N) is 1. The van der Waals surface area contributed by atoms with Crippen molar-refractivity contribution in [1.82, 2.24) is 9.99 Å². The predicted molar refractivity (Wildman–Crippen MR) is 165 cm³/mol. The maximum absolute atomic E-state index is 13.6. The number of carbonyl (C=O) groups excluding carboxylic acids is 1. The molecule has 0 saturated heterocycles. The number of hydrogen-bond acceptors (Lipinski definition) is 5. The highest BCUT2D eigenvalue weighted by atomic mass is 35.5. The molecule has 0 spiro atoms. The molecule has 0 radical (unpaired) electrons. The van der Waals surface area contributed by atoms with Crippen LogP contribution < -0.4 is 9.73 Å². The van der Waals surface area contributed by atoms with Gasteiger partial charge in [0.2, 0.25) is 0 Å². The molecular weight excluding hydrogens is 587 g/mol. The minimum atomic E-state index is -4.03. The Kier molecular flexibility index (Phi) is 9.30. The van der Waals surface area contributed by atoms with E-state index in [4.69, 9.17) is 23.2 Å². The number of sulfonamides is 1. The number of hydrazone groups is 1. The molecule has 7 nitrogen and oxygen atoms in total. The van der Waals surface area contributed by atoms with Gasteiger partial charge in [-0.15, -0.1) is 11.8 Å². The number of thioether (sulfide) groups is 1. The lowest BCUT2D eigenvalue weighted by molar-refractivity contribution is -0.119. The lowest BCUT2D eigenvalue weighted by atomic mass is 10.2. The second kappa shape index (κ2) is 12.5. The third-order valence-corrected chi connectivity index (χ3v) is 9.63. The van der Waals surface area contributed by atoms with E-state index in [-0.39, 0.29) is 4.90 Å². The fraction of sp³-hybridized carbons (Fsp3) is 0.172. The van der Waals surface area contributed by atoms with Crippen molar-refractivity contribution in [3.63, 3.8) is 0 Å². The summed E-state index contributed by atoms with van der Waals surface area (Å²) in [6, 6.07) is 20.8. The number of aromatic nitrogens is 1. The van der Waals surface area contributed by atoms with Crippen molar-refractivity contribution >= 4 is 62.8 Å². The minimum Gasteiger partial charge on any atom is -0.316 e. The van der Waals surface area contributed by atoms with E-state index in [1.807, 2.05) is 49.8 Å². The molecule has 0 aliphatic rings. The summed E-state index contributed by atoms with van der Waals surface area (Å²) in [6.07, 6.45) is 3.43. The van der Waals surface area contributed by atoms with Crippen molar-refractivity contribution in [2.75, 3.05) is 17.1 Å². The van der Waals surface area contributed by atoms with Crippen LogP contribution in [0.4, 0.5) is 5.69 Å². The minimum absolute atomic E-state index is 0.0919. The van der Waals surface area contributed by atoms with Gasteiger partial charge in [-0.2, -0.15) is 5.10 Å². The van der Waals surface area contributed by atoms with Crippen LogP contribution >= 0.6 is 35.0 Å². The van der Waals surface area contributed by atoms with Gasteiger partial charge in [0.05, 0.1) is 32.5 Å². The average Bonchev–Trinajstić information content (AvgIpc) is 3.21. The SMILES string of the molecule is CSc1ccc(S(=O)(=O)N(CC(=O)N/N=C\c2cc(C)n(-c3cccc(Cl)c3Cl)c2C)c2ccc(C)cc2)cc1. The van der Waals surface area contributed by atoms with Crippen molar-refractivity contribution in [2.24, 2.45) is 5.10 Å². The number of amides is 1. The lowest BCUT2D eigenvalue weighted by Gasteiger charge is -2.24. The van der Waals surface area contributed by atoms with E-state index in [1.165, 1.54) is 18.0 Å².